The number of fused-ring (bicyclic) bond motifs is 1. The zero-order valence-electron chi connectivity index (χ0n) is 6.78. The fraction of sp³-hybridized carbons (Fsp3) is 0. The van der Waals surface area contributed by atoms with E-state index in [0.717, 1.165) is 10.8 Å². The molecule has 0 saturated carbocycles. The van der Waals surface area contributed by atoms with E-state index in [0.29, 0.717) is 0 Å². The van der Waals surface area contributed by atoms with E-state index in [2.05, 4.69) is 15.1 Å². The fourth-order valence-corrected chi connectivity index (χ4v) is 1.08. The average molecular weight is 195 g/mol. The summed E-state index contributed by atoms with van der Waals surface area (Å²) in [5.74, 6) is -0.311. The third-order valence-corrected chi connectivity index (χ3v) is 1.64. The van der Waals surface area contributed by atoms with Gasteiger partial charge in [-0.3, -0.25) is 10.1 Å². The van der Waals surface area contributed by atoms with Gasteiger partial charge in [-0.1, -0.05) is 0 Å². The van der Waals surface area contributed by atoms with E-state index in [9.17, 15) is 10.1 Å². The van der Waals surface area contributed by atoms with Gasteiger partial charge in [-0.2, -0.15) is 14.6 Å². The number of hydrogen-bond donors (Lipinski definition) is 2. The lowest BCUT2D eigenvalue weighted by molar-refractivity contribution is -0.382. The van der Waals surface area contributed by atoms with E-state index < -0.39 is 10.6 Å². The molecule has 0 aliphatic heterocycles. The monoisotopic (exact) mass is 195 g/mol. The quantitative estimate of drug-likeness (QED) is 0.448. The molecule has 0 radical (unpaired) electrons. The SMILES string of the molecule is Nc1nc(N)n2ncnc2c1[N+](=O)[O-]. The van der Waals surface area contributed by atoms with Crippen LogP contribution in [-0.4, -0.2) is 24.5 Å². The van der Waals surface area contributed by atoms with Crippen LogP contribution in [0.15, 0.2) is 6.33 Å². The largest absolute Gasteiger partial charge is 0.378 e. The van der Waals surface area contributed by atoms with E-state index in [1.54, 1.807) is 0 Å². The normalized spacial score (nSPS) is 10.6. The van der Waals surface area contributed by atoms with Crippen molar-refractivity contribution < 1.29 is 4.92 Å². The number of anilines is 2. The van der Waals surface area contributed by atoms with Gasteiger partial charge in [0.2, 0.25) is 17.4 Å². The number of nitrogen functional groups attached to an aromatic ring is 2. The lowest BCUT2D eigenvalue weighted by Crippen LogP contribution is -2.08. The van der Waals surface area contributed by atoms with Crippen LogP contribution in [0.3, 0.4) is 0 Å². The molecule has 0 unspecified atom stereocenters. The first-order valence-corrected chi connectivity index (χ1v) is 3.50. The highest BCUT2D eigenvalue weighted by molar-refractivity contribution is 5.71. The Morgan fingerprint density at radius 1 is 1.50 bits per heavy atom. The predicted molar refractivity (Wildman–Crippen MR) is 46.3 cm³/mol. The zero-order chi connectivity index (χ0) is 10.3. The Morgan fingerprint density at radius 3 is 2.86 bits per heavy atom. The van der Waals surface area contributed by atoms with Crippen molar-refractivity contribution in [2.75, 3.05) is 11.5 Å². The van der Waals surface area contributed by atoms with E-state index in [-0.39, 0.29) is 17.4 Å². The van der Waals surface area contributed by atoms with Gasteiger partial charge in [0.25, 0.3) is 0 Å². The summed E-state index contributed by atoms with van der Waals surface area (Å²) in [6.07, 6.45) is 1.14. The third-order valence-electron chi connectivity index (χ3n) is 1.64. The minimum absolute atomic E-state index is 0.0139. The lowest BCUT2D eigenvalue weighted by atomic mass is 10.4. The molecule has 2 heterocycles. The Kier molecular flexibility index (Phi) is 1.47. The van der Waals surface area contributed by atoms with Gasteiger partial charge in [0.15, 0.2) is 0 Å². The second-order valence-electron chi connectivity index (χ2n) is 2.46. The molecule has 0 bridgehead atoms. The molecule has 2 aromatic rings. The number of nitro groups is 1. The zero-order valence-corrected chi connectivity index (χ0v) is 6.78. The van der Waals surface area contributed by atoms with Crippen LogP contribution < -0.4 is 11.5 Å². The molecular formula is C5H5N7O2. The molecular weight excluding hydrogens is 190 g/mol. The molecule has 0 atom stereocenters. The Balaban J connectivity index is 2.93. The van der Waals surface area contributed by atoms with Crippen molar-refractivity contribution in [3.8, 4) is 0 Å². The third kappa shape index (κ3) is 0.920. The smallest absolute Gasteiger partial charge is 0.355 e. The number of nitrogens with two attached hydrogens (primary N) is 2. The summed E-state index contributed by atoms with van der Waals surface area (Å²) in [5, 5.41) is 14.3. The minimum Gasteiger partial charge on any atom is -0.378 e. The summed E-state index contributed by atoms with van der Waals surface area (Å²) in [6, 6.07) is 0. The molecule has 0 aliphatic carbocycles. The summed E-state index contributed by atoms with van der Waals surface area (Å²) in [6.45, 7) is 0. The Bertz CT molecular complexity index is 518. The summed E-state index contributed by atoms with van der Waals surface area (Å²) in [7, 11) is 0. The van der Waals surface area contributed by atoms with Crippen LogP contribution >= 0.6 is 0 Å². The molecule has 2 rings (SSSR count). The van der Waals surface area contributed by atoms with Gasteiger partial charge >= 0.3 is 5.69 Å². The molecule has 14 heavy (non-hydrogen) atoms. The summed E-state index contributed by atoms with van der Waals surface area (Å²) < 4.78 is 1.05. The summed E-state index contributed by atoms with van der Waals surface area (Å²) in [5.41, 5.74) is 10.3. The topological polar surface area (TPSA) is 138 Å². The van der Waals surface area contributed by atoms with Crippen LogP contribution in [0, 0.1) is 10.1 Å². The lowest BCUT2D eigenvalue weighted by Gasteiger charge is -1.99. The molecule has 0 saturated heterocycles. The second-order valence-corrected chi connectivity index (χ2v) is 2.46. The molecule has 9 nitrogen and oxygen atoms in total. The molecule has 72 valence electrons. The molecule has 9 heteroatoms. The van der Waals surface area contributed by atoms with E-state index in [1.165, 1.54) is 0 Å². The molecule has 0 amide bonds. The van der Waals surface area contributed by atoms with Crippen LogP contribution in [0.5, 0.6) is 0 Å². The number of hydrogen-bond acceptors (Lipinski definition) is 7. The Morgan fingerprint density at radius 2 is 2.21 bits per heavy atom. The maximum Gasteiger partial charge on any atom is 0.355 e. The highest BCUT2D eigenvalue weighted by Crippen LogP contribution is 2.24. The Labute approximate surface area is 76.5 Å². The van der Waals surface area contributed by atoms with E-state index >= 15 is 0 Å². The highest BCUT2D eigenvalue weighted by Gasteiger charge is 2.22. The first-order chi connectivity index (χ1) is 6.61. The number of aromatic nitrogens is 4. The highest BCUT2D eigenvalue weighted by atomic mass is 16.6. The van der Waals surface area contributed by atoms with Crippen LogP contribution in [0.2, 0.25) is 0 Å². The van der Waals surface area contributed by atoms with Crippen molar-refractivity contribution in [1.82, 2.24) is 19.6 Å². The molecule has 2 aromatic heterocycles. The van der Waals surface area contributed by atoms with Gasteiger partial charge in [-0.15, -0.1) is 0 Å². The van der Waals surface area contributed by atoms with E-state index in [1.807, 2.05) is 0 Å². The number of nitrogens with zero attached hydrogens (tertiary/aromatic N) is 5. The van der Waals surface area contributed by atoms with Crippen molar-refractivity contribution >= 4 is 23.1 Å². The standard InChI is InChI=1S/C5H5N7O2/c6-3-2(12(13)14)4-8-1-9-11(4)5(7)10-3/h1H,6H2,(H2,7,10). The maximum atomic E-state index is 10.6. The maximum absolute atomic E-state index is 10.6. The van der Waals surface area contributed by atoms with Gasteiger partial charge < -0.3 is 11.5 Å². The van der Waals surface area contributed by atoms with Gasteiger partial charge in [0.05, 0.1) is 4.92 Å². The van der Waals surface area contributed by atoms with Crippen molar-refractivity contribution in [2.24, 2.45) is 0 Å². The predicted octanol–water partition coefficient (Wildman–Crippen LogP) is -0.803. The summed E-state index contributed by atoms with van der Waals surface area (Å²) >= 11 is 0. The van der Waals surface area contributed by atoms with Gasteiger partial charge in [0, 0.05) is 0 Å². The van der Waals surface area contributed by atoms with Gasteiger partial charge in [-0.25, -0.2) is 4.98 Å². The first-order valence-electron chi connectivity index (χ1n) is 3.50. The van der Waals surface area contributed by atoms with Crippen LogP contribution in [-0.2, 0) is 0 Å². The second kappa shape index (κ2) is 2.52. The van der Waals surface area contributed by atoms with Gasteiger partial charge in [-0.05, 0) is 0 Å². The molecule has 0 fully saturated rings. The minimum atomic E-state index is -0.675. The van der Waals surface area contributed by atoms with Crippen molar-refractivity contribution in [2.45, 2.75) is 0 Å². The fourth-order valence-electron chi connectivity index (χ4n) is 1.08. The van der Waals surface area contributed by atoms with Crippen molar-refractivity contribution in [3.63, 3.8) is 0 Å². The van der Waals surface area contributed by atoms with Crippen LogP contribution in [0.1, 0.15) is 0 Å². The summed E-state index contributed by atoms with van der Waals surface area (Å²) in [4.78, 5) is 17.2. The van der Waals surface area contributed by atoms with Gasteiger partial charge in [0.1, 0.15) is 6.33 Å². The average Bonchev–Trinajstić information content (AvgIpc) is 2.51. The van der Waals surface area contributed by atoms with Crippen molar-refractivity contribution in [3.05, 3.63) is 16.4 Å². The van der Waals surface area contributed by atoms with Crippen LogP contribution in [0.25, 0.3) is 5.65 Å². The molecule has 0 aliphatic rings. The molecule has 0 aromatic carbocycles. The molecule has 0 spiro atoms. The first kappa shape index (κ1) is 8.16. The van der Waals surface area contributed by atoms with Crippen LogP contribution in [0.4, 0.5) is 17.5 Å². The van der Waals surface area contributed by atoms with E-state index in [4.69, 9.17) is 11.5 Å². The Hall–Kier alpha value is -2.45. The number of rotatable bonds is 1. The molecule has 4 N–H and O–H groups in total. The van der Waals surface area contributed by atoms with Crippen molar-refractivity contribution in [1.29, 1.82) is 0 Å².